The van der Waals surface area contributed by atoms with Crippen LogP contribution in [0.15, 0.2) is 0 Å². The van der Waals surface area contributed by atoms with Crippen LogP contribution < -0.4 is 0 Å². The highest BCUT2D eigenvalue weighted by Gasteiger charge is 2.11. The SMILES string of the molecule is CC.CC(=O)C(F)CCN(C)C. The fourth-order valence-electron chi connectivity index (χ4n) is 0.575. The van der Waals surface area contributed by atoms with Gasteiger partial charge in [-0.25, -0.2) is 4.39 Å². The van der Waals surface area contributed by atoms with Crippen LogP contribution in [0.2, 0.25) is 0 Å². The molecule has 1 atom stereocenters. The van der Waals surface area contributed by atoms with Crippen LogP contribution in [0.5, 0.6) is 0 Å². The predicted molar refractivity (Wildman–Crippen MR) is 50.1 cm³/mol. The lowest BCUT2D eigenvalue weighted by Crippen LogP contribution is -2.21. The summed E-state index contributed by atoms with van der Waals surface area (Å²) in [7, 11) is 3.71. The third-order valence-corrected chi connectivity index (χ3v) is 1.27. The first kappa shape index (κ1) is 14.1. The zero-order chi connectivity index (χ0) is 10.1. The van der Waals surface area contributed by atoms with Crippen LogP contribution in [0, 0.1) is 0 Å². The molecule has 1 unspecified atom stereocenters. The van der Waals surface area contributed by atoms with E-state index in [1.807, 2.05) is 32.8 Å². The summed E-state index contributed by atoms with van der Waals surface area (Å²) in [6.45, 7) is 5.90. The van der Waals surface area contributed by atoms with Crippen LogP contribution in [0.1, 0.15) is 27.2 Å². The number of carbonyl (C=O) groups is 1. The van der Waals surface area contributed by atoms with Gasteiger partial charge in [0.05, 0.1) is 0 Å². The van der Waals surface area contributed by atoms with Gasteiger partial charge >= 0.3 is 0 Å². The molecule has 0 saturated heterocycles. The highest BCUT2D eigenvalue weighted by Crippen LogP contribution is 1.99. The number of rotatable bonds is 4. The summed E-state index contributed by atoms with van der Waals surface area (Å²) in [5.74, 6) is -0.373. The molecule has 12 heavy (non-hydrogen) atoms. The van der Waals surface area contributed by atoms with Gasteiger partial charge in [0.15, 0.2) is 12.0 Å². The molecule has 74 valence electrons. The van der Waals surface area contributed by atoms with Gasteiger partial charge in [0, 0.05) is 6.54 Å². The molecule has 0 aromatic rings. The Morgan fingerprint density at radius 3 is 2.08 bits per heavy atom. The molecule has 0 bridgehead atoms. The van der Waals surface area contributed by atoms with Crippen LogP contribution in [0.3, 0.4) is 0 Å². The van der Waals surface area contributed by atoms with Crippen molar-refractivity contribution in [1.82, 2.24) is 4.90 Å². The Morgan fingerprint density at radius 1 is 1.42 bits per heavy atom. The van der Waals surface area contributed by atoms with Crippen LogP contribution >= 0.6 is 0 Å². The van der Waals surface area contributed by atoms with E-state index in [2.05, 4.69) is 0 Å². The van der Waals surface area contributed by atoms with Gasteiger partial charge in [-0.2, -0.15) is 0 Å². The number of nitrogens with zero attached hydrogens (tertiary/aromatic N) is 1. The van der Waals surface area contributed by atoms with Gasteiger partial charge in [-0.1, -0.05) is 13.8 Å². The first-order valence-electron chi connectivity index (χ1n) is 4.33. The highest BCUT2D eigenvalue weighted by atomic mass is 19.1. The number of Topliss-reactive ketones (excluding diaryl/α,β-unsaturated/α-hetero) is 1. The molecule has 0 aromatic carbocycles. The van der Waals surface area contributed by atoms with Crippen molar-refractivity contribution in [2.75, 3.05) is 20.6 Å². The summed E-state index contributed by atoms with van der Waals surface area (Å²) in [6, 6.07) is 0. The minimum atomic E-state index is -1.28. The van der Waals surface area contributed by atoms with Crippen molar-refractivity contribution in [3.63, 3.8) is 0 Å². The predicted octanol–water partition coefficient (Wildman–Crippen LogP) is 1.89. The number of halogens is 1. The summed E-state index contributed by atoms with van der Waals surface area (Å²) in [5.41, 5.74) is 0. The van der Waals surface area contributed by atoms with Gasteiger partial charge in [0.1, 0.15) is 0 Å². The summed E-state index contributed by atoms with van der Waals surface area (Å²) in [6.07, 6.45) is -0.968. The Labute approximate surface area is 74.8 Å². The van der Waals surface area contributed by atoms with E-state index in [1.54, 1.807) is 0 Å². The number of hydrogen-bond acceptors (Lipinski definition) is 2. The van der Waals surface area contributed by atoms with E-state index in [4.69, 9.17) is 0 Å². The van der Waals surface area contributed by atoms with E-state index in [-0.39, 0.29) is 5.78 Å². The Balaban J connectivity index is 0. The average molecular weight is 177 g/mol. The summed E-state index contributed by atoms with van der Waals surface area (Å²) in [5, 5.41) is 0. The molecule has 0 N–H and O–H groups in total. The van der Waals surface area contributed by atoms with Gasteiger partial charge in [-0.15, -0.1) is 0 Å². The third kappa shape index (κ3) is 9.56. The second-order valence-electron chi connectivity index (χ2n) is 2.67. The van der Waals surface area contributed by atoms with Crippen LogP contribution in [-0.2, 0) is 4.79 Å². The smallest absolute Gasteiger partial charge is 0.163 e. The van der Waals surface area contributed by atoms with Gasteiger partial charge in [0.2, 0.25) is 0 Å². The Kier molecular flexibility index (Phi) is 10.2. The van der Waals surface area contributed by atoms with Crippen molar-refractivity contribution < 1.29 is 9.18 Å². The standard InChI is InChI=1S/C7H14FNO.C2H6/c1-6(10)7(8)4-5-9(2)3;1-2/h7H,4-5H2,1-3H3;1-2H3. The van der Waals surface area contributed by atoms with Gasteiger partial charge in [-0.3, -0.25) is 4.79 Å². The van der Waals surface area contributed by atoms with E-state index in [0.29, 0.717) is 13.0 Å². The molecule has 3 heteroatoms. The van der Waals surface area contributed by atoms with Gasteiger partial charge < -0.3 is 4.90 Å². The molecular formula is C9H20FNO. The zero-order valence-corrected chi connectivity index (χ0v) is 8.72. The number of carbonyl (C=O) groups excluding carboxylic acids is 1. The van der Waals surface area contributed by atoms with Gasteiger partial charge in [-0.05, 0) is 27.4 Å². The maximum Gasteiger partial charge on any atom is 0.163 e. The molecule has 0 spiro atoms. The van der Waals surface area contributed by atoms with Crippen LogP contribution in [0.4, 0.5) is 4.39 Å². The average Bonchev–Trinajstić information content (AvgIpc) is 2.03. The highest BCUT2D eigenvalue weighted by molar-refractivity contribution is 5.80. The lowest BCUT2D eigenvalue weighted by molar-refractivity contribution is -0.121. The summed E-state index contributed by atoms with van der Waals surface area (Å²) in [4.78, 5) is 12.2. The number of hydrogen-bond donors (Lipinski definition) is 0. The quantitative estimate of drug-likeness (QED) is 0.653. The van der Waals surface area contributed by atoms with Crippen molar-refractivity contribution in [2.24, 2.45) is 0 Å². The van der Waals surface area contributed by atoms with Crippen LogP contribution in [0.25, 0.3) is 0 Å². The fraction of sp³-hybridized carbons (Fsp3) is 0.889. The van der Waals surface area contributed by atoms with Crippen molar-refractivity contribution in [2.45, 2.75) is 33.4 Å². The molecule has 0 amide bonds. The minimum Gasteiger partial charge on any atom is -0.309 e. The maximum atomic E-state index is 12.5. The molecule has 0 aliphatic carbocycles. The molecule has 0 aromatic heterocycles. The first-order valence-corrected chi connectivity index (χ1v) is 4.33. The van der Waals surface area contributed by atoms with E-state index < -0.39 is 6.17 Å². The molecule has 0 aliphatic heterocycles. The van der Waals surface area contributed by atoms with E-state index in [9.17, 15) is 9.18 Å². The molecule has 0 heterocycles. The molecule has 0 fully saturated rings. The summed E-state index contributed by atoms with van der Waals surface area (Å²) >= 11 is 0. The maximum absolute atomic E-state index is 12.5. The number of ketones is 1. The number of alkyl halides is 1. The minimum absolute atomic E-state index is 0.308. The third-order valence-electron chi connectivity index (χ3n) is 1.27. The van der Waals surface area contributed by atoms with Crippen LogP contribution in [-0.4, -0.2) is 37.5 Å². The molecule has 0 aliphatic rings. The topological polar surface area (TPSA) is 20.3 Å². The largest absolute Gasteiger partial charge is 0.309 e. The fourth-order valence-corrected chi connectivity index (χ4v) is 0.575. The normalized spacial score (nSPS) is 11.9. The lowest BCUT2D eigenvalue weighted by atomic mass is 10.2. The molecular weight excluding hydrogens is 157 g/mol. The van der Waals surface area contributed by atoms with E-state index >= 15 is 0 Å². The second kappa shape index (κ2) is 8.65. The lowest BCUT2D eigenvalue weighted by Gasteiger charge is -2.09. The molecule has 2 nitrogen and oxygen atoms in total. The Morgan fingerprint density at radius 2 is 1.83 bits per heavy atom. The second-order valence-corrected chi connectivity index (χ2v) is 2.67. The first-order chi connectivity index (χ1) is 5.54. The zero-order valence-electron chi connectivity index (χ0n) is 8.72. The van der Waals surface area contributed by atoms with Crippen molar-refractivity contribution >= 4 is 5.78 Å². The van der Waals surface area contributed by atoms with Gasteiger partial charge in [0.25, 0.3) is 0 Å². The molecule has 0 radical (unpaired) electrons. The molecule has 0 saturated carbocycles. The molecule has 0 rings (SSSR count). The van der Waals surface area contributed by atoms with E-state index in [1.165, 1.54) is 6.92 Å². The monoisotopic (exact) mass is 177 g/mol. The van der Waals surface area contributed by atoms with Crippen molar-refractivity contribution in [3.05, 3.63) is 0 Å². The van der Waals surface area contributed by atoms with E-state index in [0.717, 1.165) is 0 Å². The van der Waals surface area contributed by atoms with Crippen molar-refractivity contribution in [1.29, 1.82) is 0 Å². The Hall–Kier alpha value is -0.440. The Bertz CT molecular complexity index is 115. The van der Waals surface area contributed by atoms with Crippen molar-refractivity contribution in [3.8, 4) is 0 Å². The summed E-state index contributed by atoms with van der Waals surface area (Å²) < 4.78 is 12.5.